The molecule has 3 aromatic rings. The lowest BCUT2D eigenvalue weighted by molar-refractivity contribution is -0.123. The van der Waals surface area contributed by atoms with Crippen LogP contribution < -0.4 is 4.74 Å². The Balaban J connectivity index is 1.51. The minimum atomic E-state index is -0.250. The molecule has 0 saturated carbocycles. The van der Waals surface area contributed by atoms with Gasteiger partial charge in [-0.05, 0) is 58.1 Å². The number of hydrogen-bond donors (Lipinski definition) is 0. The quantitative estimate of drug-likeness (QED) is 0.512. The van der Waals surface area contributed by atoms with Crippen LogP contribution in [0, 0.1) is 0 Å². The molecule has 0 N–H and O–H groups in total. The van der Waals surface area contributed by atoms with E-state index in [1.165, 1.54) is 4.90 Å². The van der Waals surface area contributed by atoms with Crippen LogP contribution in [0.25, 0.3) is 17.2 Å². The van der Waals surface area contributed by atoms with Crippen LogP contribution in [0.5, 0.6) is 5.75 Å². The molecule has 0 spiro atoms. The van der Waals surface area contributed by atoms with E-state index in [9.17, 15) is 9.59 Å². The Morgan fingerprint density at radius 3 is 2.46 bits per heavy atom. The average Bonchev–Trinajstić information content (AvgIpc) is 3.30. The highest BCUT2D eigenvalue weighted by molar-refractivity contribution is 8.18. The Morgan fingerprint density at radius 1 is 1.00 bits per heavy atom. The normalized spacial score (nSPS) is 15.5. The maximum atomic E-state index is 12.7. The predicted molar refractivity (Wildman–Crippen MR) is 114 cm³/mol. The summed E-state index contributed by atoms with van der Waals surface area (Å²) in [5.74, 6) is 0.491. The van der Waals surface area contributed by atoms with Gasteiger partial charge in [0, 0.05) is 4.88 Å². The molecule has 4 rings (SSSR count). The zero-order chi connectivity index (χ0) is 19.5. The summed E-state index contributed by atoms with van der Waals surface area (Å²) >= 11 is 2.55. The van der Waals surface area contributed by atoms with Crippen LogP contribution in [0.2, 0.25) is 0 Å². The number of imide groups is 1. The summed E-state index contributed by atoms with van der Waals surface area (Å²) in [4.78, 5) is 27.8. The highest BCUT2D eigenvalue weighted by atomic mass is 32.2. The summed E-state index contributed by atoms with van der Waals surface area (Å²) in [6, 6.07) is 19.5. The molecule has 2 amide bonds. The van der Waals surface area contributed by atoms with Gasteiger partial charge in [-0.3, -0.25) is 14.5 Å². The van der Waals surface area contributed by atoms with Crippen LogP contribution in [0.1, 0.15) is 10.4 Å². The number of ether oxygens (including phenoxy) is 1. The molecule has 28 heavy (non-hydrogen) atoms. The minimum Gasteiger partial charge on any atom is -0.497 e. The number of nitrogens with zero attached hydrogens (tertiary/aromatic N) is 1. The van der Waals surface area contributed by atoms with E-state index in [1.54, 1.807) is 24.5 Å². The highest BCUT2D eigenvalue weighted by Crippen LogP contribution is 2.35. The van der Waals surface area contributed by atoms with Gasteiger partial charge in [0.1, 0.15) is 5.75 Å². The van der Waals surface area contributed by atoms with E-state index in [0.29, 0.717) is 4.91 Å². The molecule has 1 saturated heterocycles. The number of hydrogen-bond acceptors (Lipinski definition) is 5. The first-order valence-electron chi connectivity index (χ1n) is 8.66. The highest BCUT2D eigenvalue weighted by Gasteiger charge is 2.35. The van der Waals surface area contributed by atoms with Gasteiger partial charge in [-0.2, -0.15) is 0 Å². The second kappa shape index (κ2) is 8.04. The van der Waals surface area contributed by atoms with Crippen molar-refractivity contribution in [3.8, 4) is 16.9 Å². The standard InChI is InChI=1S/C22H17NO3S2/c1-26-18-9-7-15(8-10-18)13-23-21(24)20(28-22(23)25)12-19-11-17(14-27-19)16-5-3-2-4-6-16/h2-12,14H,13H2,1H3. The van der Waals surface area contributed by atoms with Gasteiger partial charge in [0.2, 0.25) is 0 Å². The summed E-state index contributed by atoms with van der Waals surface area (Å²) in [6.45, 7) is 0.256. The zero-order valence-electron chi connectivity index (χ0n) is 15.1. The lowest BCUT2D eigenvalue weighted by Crippen LogP contribution is -2.27. The Kier molecular flexibility index (Phi) is 5.32. The van der Waals surface area contributed by atoms with Crippen molar-refractivity contribution in [3.05, 3.63) is 81.4 Å². The molecule has 0 unspecified atom stereocenters. The third-order valence-electron chi connectivity index (χ3n) is 4.37. The minimum absolute atomic E-state index is 0.244. The van der Waals surface area contributed by atoms with E-state index in [0.717, 1.165) is 39.1 Å². The van der Waals surface area contributed by atoms with Gasteiger partial charge in [-0.15, -0.1) is 11.3 Å². The lowest BCUT2D eigenvalue weighted by Gasteiger charge is -2.12. The van der Waals surface area contributed by atoms with Gasteiger partial charge in [-0.1, -0.05) is 42.5 Å². The predicted octanol–water partition coefficient (Wildman–Crippen LogP) is 5.66. The fourth-order valence-electron chi connectivity index (χ4n) is 2.89. The summed E-state index contributed by atoms with van der Waals surface area (Å²) in [6.07, 6.45) is 1.80. The molecule has 1 aliphatic heterocycles. The van der Waals surface area contributed by atoms with E-state index in [2.05, 4.69) is 17.5 Å². The first-order valence-corrected chi connectivity index (χ1v) is 10.4. The molecule has 4 nitrogen and oxygen atoms in total. The number of amides is 2. The van der Waals surface area contributed by atoms with E-state index < -0.39 is 0 Å². The molecule has 2 aromatic carbocycles. The number of thioether (sulfide) groups is 1. The number of carbonyl (C=O) groups excluding carboxylic acids is 2. The molecule has 2 heterocycles. The third kappa shape index (κ3) is 3.88. The lowest BCUT2D eigenvalue weighted by atomic mass is 10.1. The van der Waals surface area contributed by atoms with E-state index in [1.807, 2.05) is 48.5 Å². The van der Waals surface area contributed by atoms with Crippen LogP contribution >= 0.6 is 23.1 Å². The fourth-order valence-corrected chi connectivity index (χ4v) is 4.64. The van der Waals surface area contributed by atoms with Crippen molar-refractivity contribution >= 4 is 40.3 Å². The van der Waals surface area contributed by atoms with Crippen molar-refractivity contribution in [2.24, 2.45) is 0 Å². The number of thiophene rings is 1. The van der Waals surface area contributed by atoms with Gasteiger partial charge >= 0.3 is 0 Å². The number of rotatable bonds is 5. The summed E-state index contributed by atoms with van der Waals surface area (Å²) in [5, 5.41) is 1.81. The van der Waals surface area contributed by atoms with Crippen molar-refractivity contribution in [3.63, 3.8) is 0 Å². The smallest absolute Gasteiger partial charge is 0.293 e. The maximum absolute atomic E-state index is 12.7. The fraction of sp³-hybridized carbons (Fsp3) is 0.0909. The van der Waals surface area contributed by atoms with Crippen molar-refractivity contribution < 1.29 is 14.3 Å². The van der Waals surface area contributed by atoms with Gasteiger partial charge < -0.3 is 4.74 Å². The van der Waals surface area contributed by atoms with Crippen molar-refractivity contribution in [1.29, 1.82) is 0 Å². The Labute approximate surface area is 171 Å². The van der Waals surface area contributed by atoms with E-state index >= 15 is 0 Å². The zero-order valence-corrected chi connectivity index (χ0v) is 16.8. The van der Waals surface area contributed by atoms with Gasteiger partial charge in [0.15, 0.2) is 0 Å². The molecule has 6 heteroatoms. The van der Waals surface area contributed by atoms with Crippen molar-refractivity contribution in [1.82, 2.24) is 4.90 Å². The maximum Gasteiger partial charge on any atom is 0.293 e. The largest absolute Gasteiger partial charge is 0.497 e. The molecule has 140 valence electrons. The average molecular weight is 408 g/mol. The van der Waals surface area contributed by atoms with E-state index in [4.69, 9.17) is 4.74 Å². The third-order valence-corrected chi connectivity index (χ3v) is 6.16. The summed E-state index contributed by atoms with van der Waals surface area (Å²) < 4.78 is 5.14. The molecule has 0 atom stereocenters. The topological polar surface area (TPSA) is 46.6 Å². The number of carbonyl (C=O) groups is 2. The van der Waals surface area contributed by atoms with E-state index in [-0.39, 0.29) is 17.7 Å². The Bertz CT molecular complexity index is 1040. The number of benzene rings is 2. The first-order chi connectivity index (χ1) is 13.6. The molecule has 1 fully saturated rings. The molecule has 1 aliphatic rings. The molecule has 1 aromatic heterocycles. The molecular formula is C22H17NO3S2. The Morgan fingerprint density at radius 2 is 1.75 bits per heavy atom. The van der Waals surface area contributed by atoms with Crippen molar-refractivity contribution in [2.45, 2.75) is 6.54 Å². The molecule has 0 radical (unpaired) electrons. The van der Waals surface area contributed by atoms with Crippen LogP contribution in [-0.2, 0) is 11.3 Å². The molecule has 0 bridgehead atoms. The van der Waals surface area contributed by atoms with Crippen molar-refractivity contribution in [2.75, 3.05) is 7.11 Å². The monoisotopic (exact) mass is 407 g/mol. The first kappa shape index (κ1) is 18.5. The molecule has 0 aliphatic carbocycles. The number of methoxy groups -OCH3 is 1. The van der Waals surface area contributed by atoms with Gasteiger partial charge in [0.25, 0.3) is 11.1 Å². The van der Waals surface area contributed by atoms with Crippen LogP contribution in [0.4, 0.5) is 4.79 Å². The summed E-state index contributed by atoms with van der Waals surface area (Å²) in [7, 11) is 1.60. The summed E-state index contributed by atoms with van der Waals surface area (Å²) in [5.41, 5.74) is 3.12. The van der Waals surface area contributed by atoms with Crippen LogP contribution in [-0.4, -0.2) is 23.2 Å². The van der Waals surface area contributed by atoms with Crippen LogP contribution in [0.3, 0.4) is 0 Å². The van der Waals surface area contributed by atoms with Gasteiger partial charge in [-0.25, -0.2) is 0 Å². The van der Waals surface area contributed by atoms with Crippen LogP contribution in [0.15, 0.2) is 70.9 Å². The molecular weight excluding hydrogens is 390 g/mol. The van der Waals surface area contributed by atoms with Gasteiger partial charge in [0.05, 0.1) is 18.6 Å². The Hall–Kier alpha value is -2.83. The SMILES string of the molecule is COc1ccc(CN2C(=O)SC(=Cc3cc(-c4ccccc4)cs3)C2=O)cc1. The second-order valence-corrected chi connectivity index (χ2v) is 8.16. The second-order valence-electron chi connectivity index (χ2n) is 6.22.